The number of anilines is 1. The van der Waals surface area contributed by atoms with Gasteiger partial charge in [0.15, 0.2) is 0 Å². The average molecular weight is 210 g/mol. The SMILES string of the molecule is CNc1cccc(/C=C/c2ccccc2)n1. The minimum atomic E-state index is 0.884. The lowest BCUT2D eigenvalue weighted by Gasteiger charge is -1.99. The first-order chi connectivity index (χ1) is 7.88. The van der Waals surface area contributed by atoms with Crippen molar-refractivity contribution in [1.82, 2.24) is 4.98 Å². The molecule has 0 spiro atoms. The molecule has 0 fully saturated rings. The summed E-state index contributed by atoms with van der Waals surface area (Å²) in [6, 6.07) is 16.1. The Kier molecular flexibility index (Phi) is 3.34. The van der Waals surface area contributed by atoms with Crippen molar-refractivity contribution in [3.63, 3.8) is 0 Å². The van der Waals surface area contributed by atoms with Crippen LogP contribution in [0.25, 0.3) is 12.2 Å². The summed E-state index contributed by atoms with van der Waals surface area (Å²) in [5.74, 6) is 0.884. The lowest BCUT2D eigenvalue weighted by molar-refractivity contribution is 1.26. The molecule has 1 aromatic carbocycles. The smallest absolute Gasteiger partial charge is 0.126 e. The van der Waals surface area contributed by atoms with E-state index in [2.05, 4.69) is 28.5 Å². The maximum absolute atomic E-state index is 4.41. The molecule has 0 saturated heterocycles. The molecule has 1 aromatic heterocycles. The van der Waals surface area contributed by atoms with E-state index in [9.17, 15) is 0 Å². The Morgan fingerprint density at radius 3 is 2.50 bits per heavy atom. The van der Waals surface area contributed by atoms with Crippen LogP contribution < -0.4 is 5.32 Å². The lowest BCUT2D eigenvalue weighted by atomic mass is 10.2. The number of hydrogen-bond acceptors (Lipinski definition) is 2. The first kappa shape index (κ1) is 10.4. The van der Waals surface area contributed by atoms with E-state index in [-0.39, 0.29) is 0 Å². The minimum absolute atomic E-state index is 0.884. The molecule has 0 aliphatic heterocycles. The summed E-state index contributed by atoms with van der Waals surface area (Å²) in [5, 5.41) is 3.02. The van der Waals surface area contributed by atoms with Crippen LogP contribution in [0.3, 0.4) is 0 Å². The molecule has 16 heavy (non-hydrogen) atoms. The summed E-state index contributed by atoms with van der Waals surface area (Å²) in [4.78, 5) is 4.41. The van der Waals surface area contributed by atoms with Gasteiger partial charge in [0.25, 0.3) is 0 Å². The summed E-state index contributed by atoms with van der Waals surface area (Å²) >= 11 is 0. The Balaban J connectivity index is 2.17. The predicted molar refractivity (Wildman–Crippen MR) is 69.2 cm³/mol. The van der Waals surface area contributed by atoms with Crippen molar-refractivity contribution < 1.29 is 0 Å². The van der Waals surface area contributed by atoms with E-state index in [1.807, 2.05) is 49.5 Å². The Labute approximate surface area is 95.7 Å². The van der Waals surface area contributed by atoms with Crippen LogP contribution in [-0.4, -0.2) is 12.0 Å². The molecule has 0 atom stereocenters. The van der Waals surface area contributed by atoms with Gasteiger partial charge in [-0.1, -0.05) is 42.5 Å². The normalized spacial score (nSPS) is 10.6. The highest BCUT2D eigenvalue weighted by molar-refractivity contribution is 5.68. The second-order valence-corrected chi connectivity index (χ2v) is 3.44. The van der Waals surface area contributed by atoms with Gasteiger partial charge in [0, 0.05) is 7.05 Å². The zero-order chi connectivity index (χ0) is 11.2. The molecule has 2 heteroatoms. The van der Waals surface area contributed by atoms with E-state index < -0.39 is 0 Å². The van der Waals surface area contributed by atoms with Gasteiger partial charge in [-0.25, -0.2) is 4.98 Å². The van der Waals surface area contributed by atoms with Crippen LogP contribution in [0.4, 0.5) is 5.82 Å². The fraction of sp³-hybridized carbons (Fsp3) is 0.0714. The van der Waals surface area contributed by atoms with Gasteiger partial charge in [-0.3, -0.25) is 0 Å². The number of hydrogen-bond donors (Lipinski definition) is 1. The fourth-order valence-electron chi connectivity index (χ4n) is 1.43. The van der Waals surface area contributed by atoms with Gasteiger partial charge in [0.1, 0.15) is 5.82 Å². The summed E-state index contributed by atoms with van der Waals surface area (Å²) in [6.45, 7) is 0. The van der Waals surface area contributed by atoms with Crippen molar-refractivity contribution in [2.24, 2.45) is 0 Å². The van der Waals surface area contributed by atoms with Gasteiger partial charge < -0.3 is 5.32 Å². The van der Waals surface area contributed by atoms with Gasteiger partial charge in [-0.05, 0) is 23.8 Å². The number of nitrogens with one attached hydrogen (secondary N) is 1. The quantitative estimate of drug-likeness (QED) is 0.840. The van der Waals surface area contributed by atoms with Crippen molar-refractivity contribution >= 4 is 18.0 Å². The summed E-state index contributed by atoms with van der Waals surface area (Å²) in [5.41, 5.74) is 2.13. The third-order valence-corrected chi connectivity index (χ3v) is 2.27. The third-order valence-electron chi connectivity index (χ3n) is 2.27. The molecule has 0 amide bonds. The second kappa shape index (κ2) is 5.12. The Bertz CT molecular complexity index is 475. The van der Waals surface area contributed by atoms with E-state index in [0.29, 0.717) is 0 Å². The third kappa shape index (κ3) is 2.70. The summed E-state index contributed by atoms with van der Waals surface area (Å²) < 4.78 is 0. The van der Waals surface area contributed by atoms with Crippen LogP contribution in [0, 0.1) is 0 Å². The van der Waals surface area contributed by atoms with Crippen molar-refractivity contribution in [1.29, 1.82) is 0 Å². The van der Waals surface area contributed by atoms with Gasteiger partial charge in [0.2, 0.25) is 0 Å². The second-order valence-electron chi connectivity index (χ2n) is 3.44. The molecule has 0 bridgehead atoms. The molecule has 2 nitrogen and oxygen atoms in total. The predicted octanol–water partition coefficient (Wildman–Crippen LogP) is 3.29. The molecular weight excluding hydrogens is 196 g/mol. The zero-order valence-electron chi connectivity index (χ0n) is 9.22. The van der Waals surface area contributed by atoms with Crippen LogP contribution in [0.1, 0.15) is 11.3 Å². The average Bonchev–Trinajstić information content (AvgIpc) is 2.38. The highest BCUT2D eigenvalue weighted by Gasteiger charge is 1.91. The fourth-order valence-corrected chi connectivity index (χ4v) is 1.43. The molecule has 1 heterocycles. The van der Waals surface area contributed by atoms with Gasteiger partial charge >= 0.3 is 0 Å². The van der Waals surface area contributed by atoms with E-state index >= 15 is 0 Å². The molecule has 0 radical (unpaired) electrons. The summed E-state index contributed by atoms with van der Waals surface area (Å²) in [6.07, 6.45) is 4.07. The van der Waals surface area contributed by atoms with Crippen LogP contribution in [0.15, 0.2) is 48.5 Å². The van der Waals surface area contributed by atoms with Crippen LogP contribution in [-0.2, 0) is 0 Å². The number of benzene rings is 1. The van der Waals surface area contributed by atoms with Crippen LogP contribution in [0.5, 0.6) is 0 Å². The van der Waals surface area contributed by atoms with E-state index in [0.717, 1.165) is 11.5 Å². The summed E-state index contributed by atoms with van der Waals surface area (Å²) in [7, 11) is 1.87. The molecule has 0 aliphatic rings. The van der Waals surface area contributed by atoms with Gasteiger partial charge in [-0.15, -0.1) is 0 Å². The first-order valence-corrected chi connectivity index (χ1v) is 5.26. The van der Waals surface area contributed by atoms with Crippen LogP contribution >= 0.6 is 0 Å². The number of rotatable bonds is 3. The van der Waals surface area contributed by atoms with E-state index in [4.69, 9.17) is 0 Å². The number of nitrogens with zero attached hydrogens (tertiary/aromatic N) is 1. The molecular formula is C14H14N2. The zero-order valence-corrected chi connectivity index (χ0v) is 9.22. The Morgan fingerprint density at radius 2 is 1.75 bits per heavy atom. The van der Waals surface area contributed by atoms with Crippen molar-refractivity contribution in [3.05, 3.63) is 59.8 Å². The topological polar surface area (TPSA) is 24.9 Å². The van der Waals surface area contributed by atoms with E-state index in [1.165, 1.54) is 5.56 Å². The monoisotopic (exact) mass is 210 g/mol. The van der Waals surface area contributed by atoms with Gasteiger partial charge in [0.05, 0.1) is 5.69 Å². The van der Waals surface area contributed by atoms with Gasteiger partial charge in [-0.2, -0.15) is 0 Å². The maximum atomic E-state index is 4.41. The molecule has 2 aromatic rings. The Hall–Kier alpha value is -2.09. The molecule has 80 valence electrons. The Morgan fingerprint density at radius 1 is 0.938 bits per heavy atom. The van der Waals surface area contributed by atoms with Crippen molar-refractivity contribution in [3.8, 4) is 0 Å². The molecule has 2 rings (SSSR count). The highest BCUT2D eigenvalue weighted by atomic mass is 15.0. The number of pyridine rings is 1. The molecule has 0 saturated carbocycles. The molecule has 0 aliphatic carbocycles. The maximum Gasteiger partial charge on any atom is 0.126 e. The largest absolute Gasteiger partial charge is 0.373 e. The van der Waals surface area contributed by atoms with E-state index in [1.54, 1.807) is 0 Å². The molecule has 1 N–H and O–H groups in total. The van der Waals surface area contributed by atoms with Crippen molar-refractivity contribution in [2.45, 2.75) is 0 Å². The number of aromatic nitrogens is 1. The highest BCUT2D eigenvalue weighted by Crippen LogP contribution is 2.08. The van der Waals surface area contributed by atoms with Crippen LogP contribution in [0.2, 0.25) is 0 Å². The minimum Gasteiger partial charge on any atom is -0.373 e. The molecule has 0 unspecified atom stereocenters. The first-order valence-electron chi connectivity index (χ1n) is 5.26. The van der Waals surface area contributed by atoms with Crippen molar-refractivity contribution in [2.75, 3.05) is 12.4 Å². The standard InChI is InChI=1S/C14H14N2/c1-15-14-9-5-8-13(16-14)11-10-12-6-3-2-4-7-12/h2-11H,1H3,(H,15,16)/b11-10+. The lowest BCUT2D eigenvalue weighted by Crippen LogP contribution is -1.92.